The van der Waals surface area contributed by atoms with Crippen molar-refractivity contribution in [3.63, 3.8) is 0 Å². The molecule has 0 heterocycles. The van der Waals surface area contributed by atoms with Crippen molar-refractivity contribution in [3.05, 3.63) is 29.8 Å². The summed E-state index contributed by atoms with van der Waals surface area (Å²) in [5, 5.41) is 3.15. The zero-order chi connectivity index (χ0) is 17.3. The molecule has 0 radical (unpaired) electrons. The lowest BCUT2D eigenvalue weighted by molar-refractivity contribution is -0.124. The van der Waals surface area contributed by atoms with Crippen LogP contribution in [0.1, 0.15) is 58.9 Å². The maximum atomic E-state index is 12.2. The molecule has 0 saturated heterocycles. The largest absolute Gasteiger partial charge is 0.484 e. The standard InChI is InChI=1S/C21H31NO2/c1-14(19-12-15-5-6-16(19)11-15)22-20(23)13-24-18-9-7-17(8-10-18)21(2,3)4/h7-10,14-16,19H,5-6,11-13H2,1-4H3,(H,22,23)/t14-,15+,16+,19+/m1/s1. The third-order valence-electron chi connectivity index (χ3n) is 5.91. The minimum atomic E-state index is -0.00910. The summed E-state index contributed by atoms with van der Waals surface area (Å²) in [6.45, 7) is 8.82. The van der Waals surface area contributed by atoms with Crippen LogP contribution < -0.4 is 10.1 Å². The number of fused-ring (bicyclic) bond motifs is 2. The minimum absolute atomic E-state index is 0.00910. The van der Waals surface area contributed by atoms with E-state index in [1.54, 1.807) is 0 Å². The van der Waals surface area contributed by atoms with Crippen molar-refractivity contribution in [2.45, 2.75) is 64.8 Å². The quantitative estimate of drug-likeness (QED) is 0.874. The topological polar surface area (TPSA) is 38.3 Å². The number of hydrogen-bond acceptors (Lipinski definition) is 2. The highest BCUT2D eigenvalue weighted by atomic mass is 16.5. The van der Waals surface area contributed by atoms with Crippen molar-refractivity contribution in [3.8, 4) is 5.75 Å². The molecule has 2 aliphatic rings. The second kappa shape index (κ2) is 6.78. The Morgan fingerprint density at radius 1 is 1.21 bits per heavy atom. The molecule has 4 atom stereocenters. The van der Waals surface area contributed by atoms with E-state index in [0.29, 0.717) is 5.92 Å². The van der Waals surface area contributed by atoms with Gasteiger partial charge in [0.25, 0.3) is 5.91 Å². The van der Waals surface area contributed by atoms with Crippen molar-refractivity contribution >= 4 is 5.91 Å². The molecular weight excluding hydrogens is 298 g/mol. The SMILES string of the molecule is C[C@@H](NC(=O)COc1ccc(C(C)(C)C)cc1)[C@@H]1C[C@H]2CC[C@H]1C2. The highest BCUT2D eigenvalue weighted by Gasteiger charge is 2.42. The molecule has 2 saturated carbocycles. The van der Waals surface area contributed by atoms with Gasteiger partial charge in [-0.2, -0.15) is 0 Å². The van der Waals surface area contributed by atoms with Crippen LogP contribution in [0.3, 0.4) is 0 Å². The lowest BCUT2D eigenvalue weighted by Gasteiger charge is -2.28. The summed E-state index contributed by atoms with van der Waals surface area (Å²) in [4.78, 5) is 12.2. The third-order valence-corrected chi connectivity index (χ3v) is 5.91. The molecule has 0 aliphatic heterocycles. The van der Waals surface area contributed by atoms with Crippen LogP contribution in [0.15, 0.2) is 24.3 Å². The van der Waals surface area contributed by atoms with Crippen LogP contribution >= 0.6 is 0 Å². The van der Waals surface area contributed by atoms with E-state index in [1.165, 1.54) is 31.2 Å². The van der Waals surface area contributed by atoms with Gasteiger partial charge in [0.2, 0.25) is 0 Å². The third kappa shape index (κ3) is 3.93. The first-order valence-corrected chi connectivity index (χ1v) is 9.35. The Hall–Kier alpha value is -1.51. The van der Waals surface area contributed by atoms with Gasteiger partial charge < -0.3 is 10.1 Å². The molecular formula is C21H31NO2. The Morgan fingerprint density at radius 2 is 1.92 bits per heavy atom. The molecule has 3 heteroatoms. The van der Waals surface area contributed by atoms with Gasteiger partial charge in [0, 0.05) is 6.04 Å². The lowest BCUT2D eigenvalue weighted by atomic mass is 9.84. The highest BCUT2D eigenvalue weighted by molar-refractivity contribution is 5.77. The fraction of sp³-hybridized carbons (Fsp3) is 0.667. The summed E-state index contributed by atoms with van der Waals surface area (Å²) < 4.78 is 5.65. The van der Waals surface area contributed by atoms with E-state index >= 15 is 0 Å². The summed E-state index contributed by atoms with van der Waals surface area (Å²) in [7, 11) is 0. The Labute approximate surface area is 146 Å². The Balaban J connectivity index is 1.45. The molecule has 132 valence electrons. The fourth-order valence-electron chi connectivity index (χ4n) is 4.51. The maximum absolute atomic E-state index is 12.2. The van der Waals surface area contributed by atoms with E-state index in [0.717, 1.165) is 17.6 Å². The van der Waals surface area contributed by atoms with Crippen LogP contribution in [0, 0.1) is 17.8 Å². The second-order valence-electron chi connectivity index (χ2n) is 8.76. The van der Waals surface area contributed by atoms with Gasteiger partial charge in [0.1, 0.15) is 5.75 Å². The molecule has 2 aliphatic carbocycles. The number of carbonyl (C=O) groups is 1. The van der Waals surface area contributed by atoms with E-state index in [4.69, 9.17) is 4.74 Å². The van der Waals surface area contributed by atoms with Crippen molar-refractivity contribution < 1.29 is 9.53 Å². The minimum Gasteiger partial charge on any atom is -0.484 e. The molecule has 0 spiro atoms. The molecule has 0 aromatic heterocycles. The normalized spacial score (nSPS) is 27.1. The van der Waals surface area contributed by atoms with Crippen molar-refractivity contribution in [2.24, 2.45) is 17.8 Å². The summed E-state index contributed by atoms with van der Waals surface area (Å²) in [5.41, 5.74) is 1.40. The van der Waals surface area contributed by atoms with Gasteiger partial charge >= 0.3 is 0 Å². The number of amides is 1. The lowest BCUT2D eigenvalue weighted by Crippen LogP contribution is -2.42. The van der Waals surface area contributed by atoms with E-state index in [2.05, 4.69) is 45.1 Å². The Morgan fingerprint density at radius 3 is 2.46 bits per heavy atom. The van der Waals surface area contributed by atoms with Crippen LogP contribution in [0.5, 0.6) is 5.75 Å². The molecule has 3 nitrogen and oxygen atoms in total. The van der Waals surface area contributed by atoms with Crippen LogP contribution in [0.25, 0.3) is 0 Å². The molecule has 2 bridgehead atoms. The summed E-state index contributed by atoms with van der Waals surface area (Å²) in [5.74, 6) is 3.16. The van der Waals surface area contributed by atoms with Crippen LogP contribution in [0.4, 0.5) is 0 Å². The zero-order valence-corrected chi connectivity index (χ0v) is 15.5. The molecule has 0 unspecified atom stereocenters. The molecule has 1 N–H and O–H groups in total. The molecule has 1 aromatic rings. The highest BCUT2D eigenvalue weighted by Crippen LogP contribution is 2.49. The predicted molar refractivity (Wildman–Crippen MR) is 97.2 cm³/mol. The average molecular weight is 329 g/mol. The number of rotatable bonds is 5. The molecule has 2 fully saturated rings. The summed E-state index contributed by atoms with van der Waals surface area (Å²) in [6, 6.07) is 8.32. The van der Waals surface area contributed by atoms with Gasteiger partial charge in [-0.05, 0) is 67.1 Å². The van der Waals surface area contributed by atoms with Gasteiger partial charge in [-0.3, -0.25) is 4.79 Å². The van der Waals surface area contributed by atoms with Crippen LogP contribution in [-0.2, 0) is 10.2 Å². The molecule has 1 aromatic carbocycles. The predicted octanol–water partition coefficient (Wildman–Crippen LogP) is 4.30. The van der Waals surface area contributed by atoms with Crippen molar-refractivity contribution in [1.29, 1.82) is 0 Å². The number of benzene rings is 1. The number of hydrogen-bond donors (Lipinski definition) is 1. The van der Waals surface area contributed by atoms with Gasteiger partial charge in [0.05, 0.1) is 0 Å². The first kappa shape index (κ1) is 17.3. The van der Waals surface area contributed by atoms with Crippen molar-refractivity contribution in [1.82, 2.24) is 5.32 Å². The number of carbonyl (C=O) groups excluding carboxylic acids is 1. The van der Waals surface area contributed by atoms with E-state index < -0.39 is 0 Å². The Bertz CT molecular complexity index is 572. The summed E-state index contributed by atoms with van der Waals surface area (Å²) in [6.07, 6.45) is 5.42. The van der Waals surface area contributed by atoms with Crippen molar-refractivity contribution in [2.75, 3.05) is 6.61 Å². The van der Waals surface area contributed by atoms with Crippen LogP contribution in [-0.4, -0.2) is 18.6 Å². The first-order valence-electron chi connectivity index (χ1n) is 9.35. The molecule has 24 heavy (non-hydrogen) atoms. The maximum Gasteiger partial charge on any atom is 0.258 e. The number of ether oxygens (including phenoxy) is 1. The first-order chi connectivity index (χ1) is 11.3. The monoisotopic (exact) mass is 329 g/mol. The molecule has 3 rings (SSSR count). The average Bonchev–Trinajstić information content (AvgIpc) is 3.15. The Kier molecular flexibility index (Phi) is 4.89. The van der Waals surface area contributed by atoms with E-state index in [1.807, 2.05) is 12.1 Å². The van der Waals surface area contributed by atoms with E-state index in [9.17, 15) is 4.79 Å². The zero-order valence-electron chi connectivity index (χ0n) is 15.5. The fourth-order valence-corrected chi connectivity index (χ4v) is 4.51. The second-order valence-corrected chi connectivity index (χ2v) is 8.76. The van der Waals surface area contributed by atoms with Crippen LogP contribution in [0.2, 0.25) is 0 Å². The van der Waals surface area contributed by atoms with Gasteiger partial charge in [-0.15, -0.1) is 0 Å². The van der Waals surface area contributed by atoms with E-state index in [-0.39, 0.29) is 24.0 Å². The molecule has 1 amide bonds. The number of nitrogens with one attached hydrogen (secondary N) is 1. The van der Waals surface area contributed by atoms with Gasteiger partial charge in [-0.1, -0.05) is 39.3 Å². The summed E-state index contributed by atoms with van der Waals surface area (Å²) >= 11 is 0. The smallest absolute Gasteiger partial charge is 0.258 e. The van der Waals surface area contributed by atoms with Gasteiger partial charge in [0.15, 0.2) is 6.61 Å². The van der Waals surface area contributed by atoms with Gasteiger partial charge in [-0.25, -0.2) is 0 Å².